The molecule has 0 aromatic carbocycles. The maximum absolute atomic E-state index is 12.4. The molecule has 0 saturated carbocycles. The molecule has 0 aliphatic rings. The number of phosphoric ester groups is 1. The van der Waals surface area contributed by atoms with Crippen molar-refractivity contribution in [2.24, 2.45) is 0 Å². The third kappa shape index (κ3) is 4.11. The molecule has 0 radical (unpaired) electrons. The Bertz CT molecular complexity index is 765. The highest BCUT2D eigenvalue weighted by Crippen LogP contribution is 2.48. The summed E-state index contributed by atoms with van der Waals surface area (Å²) in [5.41, 5.74) is 1.21. The summed E-state index contributed by atoms with van der Waals surface area (Å²) < 4.78 is 34.1. The van der Waals surface area contributed by atoms with E-state index < -0.39 is 13.8 Å². The summed E-state index contributed by atoms with van der Waals surface area (Å²) >= 11 is 0. The maximum atomic E-state index is 12.4. The zero-order chi connectivity index (χ0) is 17.7. The summed E-state index contributed by atoms with van der Waals surface area (Å²) in [6.07, 6.45) is 1.48. The van der Waals surface area contributed by atoms with E-state index in [1.807, 2.05) is 0 Å². The number of hydrogen-bond acceptors (Lipinski definition) is 8. The first kappa shape index (κ1) is 18.4. The second kappa shape index (κ2) is 7.74. The Kier molecular flexibility index (Phi) is 5.93. The Morgan fingerprint density at radius 1 is 1.21 bits per heavy atom. The monoisotopic (exact) mass is 357 g/mol. The van der Waals surface area contributed by atoms with Gasteiger partial charge >= 0.3 is 13.8 Å². The highest BCUT2D eigenvalue weighted by atomic mass is 31.2. The molecule has 0 amide bonds. The average Bonchev–Trinajstić information content (AvgIpc) is 2.87. The number of carbonyl (C=O) groups excluding carboxylic acids is 1. The fourth-order valence-electron chi connectivity index (χ4n) is 1.96. The molecule has 0 spiro atoms. The third-order valence-corrected chi connectivity index (χ3v) is 4.45. The van der Waals surface area contributed by atoms with Crippen molar-refractivity contribution in [3.05, 3.63) is 23.5 Å². The molecule has 2 rings (SSSR count). The average molecular weight is 357 g/mol. The van der Waals surface area contributed by atoms with Gasteiger partial charge in [-0.15, -0.1) is 5.10 Å². The van der Waals surface area contributed by atoms with Gasteiger partial charge in [0.1, 0.15) is 0 Å². The maximum Gasteiger partial charge on any atom is 0.531 e. The Balaban J connectivity index is 2.34. The predicted octanol–water partition coefficient (Wildman–Crippen LogP) is 2.77. The minimum Gasteiger partial charge on any atom is -0.462 e. The number of hydrogen-bond donors (Lipinski definition) is 0. The van der Waals surface area contributed by atoms with E-state index in [-0.39, 0.29) is 31.3 Å². The Morgan fingerprint density at radius 3 is 2.46 bits per heavy atom. The first-order valence-electron chi connectivity index (χ1n) is 7.55. The molecule has 9 nitrogen and oxygen atoms in total. The molecule has 24 heavy (non-hydrogen) atoms. The lowest BCUT2D eigenvalue weighted by Crippen LogP contribution is -2.10. The van der Waals surface area contributed by atoms with Gasteiger partial charge in [0.25, 0.3) is 0 Å². The van der Waals surface area contributed by atoms with Gasteiger partial charge in [-0.05, 0) is 27.7 Å². The van der Waals surface area contributed by atoms with Gasteiger partial charge in [-0.25, -0.2) is 18.9 Å². The van der Waals surface area contributed by atoms with Gasteiger partial charge in [0.2, 0.25) is 5.88 Å². The molecular weight excluding hydrogens is 337 g/mol. The van der Waals surface area contributed by atoms with E-state index in [0.717, 1.165) is 0 Å². The first-order chi connectivity index (χ1) is 11.4. The molecule has 2 aromatic rings. The second-order valence-corrected chi connectivity index (χ2v) is 6.21. The molecule has 0 atom stereocenters. The Labute approximate surface area is 139 Å². The molecule has 0 fully saturated rings. The van der Waals surface area contributed by atoms with Crippen LogP contribution in [0.2, 0.25) is 0 Å². The molecule has 10 heteroatoms. The van der Waals surface area contributed by atoms with Crippen molar-refractivity contribution in [1.82, 2.24) is 14.6 Å². The number of rotatable bonds is 8. The van der Waals surface area contributed by atoms with Crippen LogP contribution >= 0.6 is 7.82 Å². The van der Waals surface area contributed by atoms with Crippen molar-refractivity contribution < 1.29 is 27.7 Å². The topological polar surface area (TPSA) is 101 Å². The van der Waals surface area contributed by atoms with Gasteiger partial charge in [0.05, 0.1) is 31.1 Å². The van der Waals surface area contributed by atoms with E-state index in [9.17, 15) is 9.36 Å². The SMILES string of the molecule is CCOC(=O)c1cn2nc(OP(=O)(OCC)OCC)cc2nc1C. The van der Waals surface area contributed by atoms with Crippen LogP contribution in [0.5, 0.6) is 5.88 Å². The van der Waals surface area contributed by atoms with Crippen LogP contribution in [0.4, 0.5) is 0 Å². The lowest BCUT2D eigenvalue weighted by Gasteiger charge is -2.14. The quantitative estimate of drug-likeness (QED) is 0.525. The van der Waals surface area contributed by atoms with Gasteiger partial charge < -0.3 is 9.26 Å². The fraction of sp³-hybridized carbons (Fsp3) is 0.500. The van der Waals surface area contributed by atoms with Crippen molar-refractivity contribution in [3.63, 3.8) is 0 Å². The molecule has 2 heterocycles. The van der Waals surface area contributed by atoms with Gasteiger partial charge in [0, 0.05) is 12.3 Å². The molecule has 0 aliphatic heterocycles. The molecule has 132 valence electrons. The summed E-state index contributed by atoms with van der Waals surface area (Å²) in [5.74, 6) is -0.468. The van der Waals surface area contributed by atoms with E-state index >= 15 is 0 Å². The largest absolute Gasteiger partial charge is 0.531 e. The molecular formula is C14H20N3O6P. The number of aryl methyl sites for hydroxylation is 1. The van der Waals surface area contributed by atoms with E-state index in [4.69, 9.17) is 18.3 Å². The standard InChI is InChI=1S/C14H20N3O6P/c1-5-20-14(18)11-9-17-12(15-10(11)4)8-13(16-17)23-24(19,21-6-2)22-7-3/h8-9H,5-7H2,1-4H3. The molecule has 0 bridgehead atoms. The van der Waals surface area contributed by atoms with Crippen LogP contribution in [0, 0.1) is 6.92 Å². The fourth-order valence-corrected chi connectivity index (χ4v) is 3.09. The van der Waals surface area contributed by atoms with Gasteiger partial charge in [0.15, 0.2) is 5.65 Å². The van der Waals surface area contributed by atoms with Crippen molar-refractivity contribution in [2.45, 2.75) is 27.7 Å². The molecule has 0 N–H and O–H groups in total. The number of esters is 1. The van der Waals surface area contributed by atoms with Crippen molar-refractivity contribution in [1.29, 1.82) is 0 Å². The van der Waals surface area contributed by atoms with Crippen LogP contribution in [0.25, 0.3) is 5.65 Å². The van der Waals surface area contributed by atoms with E-state index in [1.54, 1.807) is 27.7 Å². The zero-order valence-corrected chi connectivity index (χ0v) is 14.9. The number of ether oxygens (including phenoxy) is 1. The summed E-state index contributed by atoms with van der Waals surface area (Å²) in [6.45, 7) is 7.34. The van der Waals surface area contributed by atoms with Crippen LogP contribution in [-0.4, -0.2) is 40.4 Å². The minimum atomic E-state index is -3.75. The van der Waals surface area contributed by atoms with Crippen LogP contribution in [-0.2, 0) is 18.3 Å². The lowest BCUT2D eigenvalue weighted by atomic mass is 10.2. The summed E-state index contributed by atoms with van der Waals surface area (Å²) in [5, 5.41) is 4.10. The highest BCUT2D eigenvalue weighted by molar-refractivity contribution is 7.48. The highest BCUT2D eigenvalue weighted by Gasteiger charge is 2.29. The summed E-state index contributed by atoms with van der Waals surface area (Å²) in [4.78, 5) is 16.2. The normalized spacial score (nSPS) is 11.7. The van der Waals surface area contributed by atoms with Crippen molar-refractivity contribution in [3.8, 4) is 5.88 Å². The Hall–Kier alpha value is -1.96. The van der Waals surface area contributed by atoms with Crippen molar-refractivity contribution >= 4 is 19.4 Å². The Morgan fingerprint density at radius 2 is 1.88 bits per heavy atom. The number of phosphoric acid groups is 1. The number of carbonyl (C=O) groups is 1. The van der Waals surface area contributed by atoms with Gasteiger partial charge in [-0.2, -0.15) is 0 Å². The molecule has 0 aliphatic carbocycles. The predicted molar refractivity (Wildman–Crippen MR) is 85.2 cm³/mol. The number of nitrogens with zero attached hydrogens (tertiary/aromatic N) is 3. The first-order valence-corrected chi connectivity index (χ1v) is 9.01. The van der Waals surface area contributed by atoms with Crippen LogP contribution in [0.3, 0.4) is 0 Å². The van der Waals surface area contributed by atoms with Gasteiger partial charge in [-0.3, -0.25) is 9.05 Å². The molecule has 2 aromatic heterocycles. The second-order valence-electron chi connectivity index (χ2n) is 4.62. The van der Waals surface area contributed by atoms with Crippen molar-refractivity contribution in [2.75, 3.05) is 19.8 Å². The lowest BCUT2D eigenvalue weighted by molar-refractivity contribution is 0.0524. The third-order valence-electron chi connectivity index (χ3n) is 2.89. The number of fused-ring (bicyclic) bond motifs is 1. The van der Waals surface area contributed by atoms with E-state index in [0.29, 0.717) is 11.3 Å². The van der Waals surface area contributed by atoms with Gasteiger partial charge in [-0.1, -0.05) is 0 Å². The number of aromatic nitrogens is 3. The summed E-state index contributed by atoms with van der Waals surface area (Å²) in [7, 11) is -3.75. The molecule has 0 saturated heterocycles. The van der Waals surface area contributed by atoms with Crippen LogP contribution < -0.4 is 4.52 Å². The molecule has 0 unspecified atom stereocenters. The van der Waals surface area contributed by atoms with Crippen LogP contribution in [0.15, 0.2) is 12.3 Å². The smallest absolute Gasteiger partial charge is 0.462 e. The zero-order valence-electron chi connectivity index (χ0n) is 14.0. The minimum absolute atomic E-state index is 0.0214. The van der Waals surface area contributed by atoms with E-state index in [2.05, 4.69) is 10.1 Å². The van der Waals surface area contributed by atoms with Crippen LogP contribution in [0.1, 0.15) is 36.8 Å². The van der Waals surface area contributed by atoms with E-state index in [1.165, 1.54) is 16.8 Å². The summed E-state index contributed by atoms with van der Waals surface area (Å²) in [6, 6.07) is 1.48.